The zero-order chi connectivity index (χ0) is 15.5. The van der Waals surface area contributed by atoms with E-state index >= 15 is 0 Å². The number of nitrogens with zero attached hydrogens (tertiary/aromatic N) is 1. The summed E-state index contributed by atoms with van der Waals surface area (Å²) in [5.41, 5.74) is 2.38. The first-order valence-corrected chi connectivity index (χ1v) is 7.85. The van der Waals surface area contributed by atoms with Crippen molar-refractivity contribution in [1.29, 1.82) is 0 Å². The largest absolute Gasteiger partial charge is 0.376 e. The molecule has 1 atom stereocenters. The SMILES string of the molecule is Cc1ccc(N=C[C@]2(C[NH+](C)C)CCOC(C)(C)C2)cc1. The fraction of sp³-hybridized carbons (Fsp3) is 0.611. The van der Waals surface area contributed by atoms with E-state index < -0.39 is 0 Å². The fourth-order valence-corrected chi connectivity index (χ4v) is 3.37. The molecule has 0 aliphatic carbocycles. The van der Waals surface area contributed by atoms with Crippen LogP contribution >= 0.6 is 0 Å². The molecular weight excluding hydrogens is 260 g/mol. The number of ether oxygens (including phenoxy) is 1. The van der Waals surface area contributed by atoms with Crippen molar-refractivity contribution in [3.8, 4) is 0 Å². The minimum Gasteiger partial charge on any atom is -0.376 e. The van der Waals surface area contributed by atoms with Crippen LogP contribution in [0.15, 0.2) is 29.3 Å². The Bertz CT molecular complexity index is 490. The van der Waals surface area contributed by atoms with Crippen LogP contribution in [0.3, 0.4) is 0 Å². The number of quaternary nitrogens is 1. The molecule has 0 saturated carbocycles. The van der Waals surface area contributed by atoms with Crippen molar-refractivity contribution in [1.82, 2.24) is 0 Å². The molecule has 0 unspecified atom stereocenters. The highest BCUT2D eigenvalue weighted by Crippen LogP contribution is 2.37. The highest BCUT2D eigenvalue weighted by atomic mass is 16.5. The van der Waals surface area contributed by atoms with E-state index in [-0.39, 0.29) is 11.0 Å². The monoisotopic (exact) mass is 289 g/mol. The molecular formula is C18H29N2O+. The zero-order valence-electron chi connectivity index (χ0n) is 14.1. The lowest BCUT2D eigenvalue weighted by molar-refractivity contribution is -0.864. The highest BCUT2D eigenvalue weighted by molar-refractivity contribution is 5.70. The van der Waals surface area contributed by atoms with Gasteiger partial charge in [-0.1, -0.05) is 17.7 Å². The van der Waals surface area contributed by atoms with Crippen LogP contribution in [-0.4, -0.2) is 39.1 Å². The van der Waals surface area contributed by atoms with Crippen LogP contribution in [0.25, 0.3) is 0 Å². The van der Waals surface area contributed by atoms with Gasteiger partial charge >= 0.3 is 0 Å². The zero-order valence-corrected chi connectivity index (χ0v) is 14.1. The van der Waals surface area contributed by atoms with Crippen molar-refractivity contribution < 1.29 is 9.64 Å². The van der Waals surface area contributed by atoms with Gasteiger partial charge in [0.15, 0.2) is 0 Å². The molecule has 1 fully saturated rings. The maximum atomic E-state index is 5.90. The molecule has 0 aromatic heterocycles. The van der Waals surface area contributed by atoms with E-state index in [4.69, 9.17) is 9.73 Å². The summed E-state index contributed by atoms with van der Waals surface area (Å²) in [6.07, 6.45) is 4.27. The molecule has 0 amide bonds. The molecule has 1 aliphatic heterocycles. The summed E-state index contributed by atoms with van der Waals surface area (Å²) in [4.78, 5) is 6.23. The van der Waals surface area contributed by atoms with Crippen molar-refractivity contribution in [2.24, 2.45) is 10.4 Å². The van der Waals surface area contributed by atoms with Gasteiger partial charge in [-0.3, -0.25) is 4.99 Å². The van der Waals surface area contributed by atoms with Gasteiger partial charge in [-0.05, 0) is 45.7 Å². The van der Waals surface area contributed by atoms with Gasteiger partial charge in [-0.2, -0.15) is 0 Å². The van der Waals surface area contributed by atoms with Crippen LogP contribution in [0.4, 0.5) is 5.69 Å². The Labute approximate surface area is 129 Å². The highest BCUT2D eigenvalue weighted by Gasteiger charge is 2.41. The van der Waals surface area contributed by atoms with Crippen molar-refractivity contribution in [2.75, 3.05) is 27.2 Å². The first-order chi connectivity index (χ1) is 9.80. The first-order valence-electron chi connectivity index (χ1n) is 7.85. The van der Waals surface area contributed by atoms with Gasteiger partial charge in [0.05, 0.1) is 37.3 Å². The van der Waals surface area contributed by atoms with E-state index in [0.29, 0.717) is 0 Å². The third-order valence-corrected chi connectivity index (χ3v) is 4.10. The predicted molar refractivity (Wildman–Crippen MR) is 88.7 cm³/mol. The number of nitrogens with one attached hydrogen (secondary N) is 1. The van der Waals surface area contributed by atoms with Gasteiger partial charge in [-0.25, -0.2) is 0 Å². The summed E-state index contributed by atoms with van der Waals surface area (Å²) < 4.78 is 5.90. The molecule has 3 heteroatoms. The van der Waals surface area contributed by atoms with Gasteiger partial charge in [0.25, 0.3) is 0 Å². The van der Waals surface area contributed by atoms with Crippen LogP contribution in [0.2, 0.25) is 0 Å². The number of aryl methyl sites for hydroxylation is 1. The molecule has 21 heavy (non-hydrogen) atoms. The van der Waals surface area contributed by atoms with Gasteiger partial charge < -0.3 is 9.64 Å². The summed E-state index contributed by atoms with van der Waals surface area (Å²) in [6.45, 7) is 8.39. The fourth-order valence-electron chi connectivity index (χ4n) is 3.37. The van der Waals surface area contributed by atoms with Crippen LogP contribution in [0, 0.1) is 12.3 Å². The number of aliphatic imine (C=N–C) groups is 1. The first kappa shape index (κ1) is 16.2. The molecule has 0 bridgehead atoms. The molecule has 2 rings (SSSR count). The van der Waals surface area contributed by atoms with Crippen LogP contribution < -0.4 is 4.90 Å². The van der Waals surface area contributed by atoms with Gasteiger partial charge in [0.2, 0.25) is 0 Å². The molecule has 0 radical (unpaired) electrons. The van der Waals surface area contributed by atoms with Crippen molar-refractivity contribution >= 4 is 11.9 Å². The Balaban J connectivity index is 2.21. The lowest BCUT2D eigenvalue weighted by Gasteiger charge is -2.42. The molecule has 1 heterocycles. The molecule has 1 saturated heterocycles. The summed E-state index contributed by atoms with van der Waals surface area (Å²) in [7, 11) is 4.42. The minimum atomic E-state index is -0.0625. The van der Waals surface area contributed by atoms with Gasteiger partial charge in [0, 0.05) is 12.8 Å². The molecule has 1 N–H and O–H groups in total. The molecule has 116 valence electrons. The quantitative estimate of drug-likeness (QED) is 0.847. The Morgan fingerprint density at radius 2 is 1.90 bits per heavy atom. The second kappa shape index (κ2) is 6.29. The summed E-state index contributed by atoms with van der Waals surface area (Å²) in [5.74, 6) is 0. The molecule has 1 aromatic rings. The number of benzene rings is 1. The Kier molecular flexibility index (Phi) is 4.84. The third kappa shape index (κ3) is 4.65. The van der Waals surface area contributed by atoms with Gasteiger partial charge in [-0.15, -0.1) is 0 Å². The molecule has 3 nitrogen and oxygen atoms in total. The molecule has 1 aliphatic rings. The third-order valence-electron chi connectivity index (χ3n) is 4.10. The van der Waals surface area contributed by atoms with Crippen molar-refractivity contribution in [2.45, 2.75) is 39.2 Å². The van der Waals surface area contributed by atoms with E-state index in [0.717, 1.165) is 31.7 Å². The van der Waals surface area contributed by atoms with Gasteiger partial charge in [0.1, 0.15) is 0 Å². The number of rotatable bonds is 4. The van der Waals surface area contributed by atoms with E-state index in [2.05, 4.69) is 65.3 Å². The second-order valence-corrected chi connectivity index (χ2v) is 7.37. The minimum absolute atomic E-state index is 0.0625. The predicted octanol–water partition coefficient (Wildman–Crippen LogP) is 2.42. The maximum absolute atomic E-state index is 5.90. The Morgan fingerprint density at radius 3 is 2.48 bits per heavy atom. The summed E-state index contributed by atoms with van der Waals surface area (Å²) in [5, 5.41) is 0. The van der Waals surface area contributed by atoms with Crippen LogP contribution in [0.1, 0.15) is 32.3 Å². The van der Waals surface area contributed by atoms with Crippen LogP contribution in [0.5, 0.6) is 0 Å². The topological polar surface area (TPSA) is 26.0 Å². The van der Waals surface area contributed by atoms with E-state index in [1.165, 1.54) is 10.5 Å². The van der Waals surface area contributed by atoms with E-state index in [1.54, 1.807) is 0 Å². The second-order valence-electron chi connectivity index (χ2n) is 7.37. The standard InChI is InChI=1S/C18H28N2O/c1-15-6-8-16(9-7-15)19-13-18(14-20(4)5)10-11-21-17(2,3)12-18/h6-9,13H,10-12,14H2,1-5H3/p+1/t18-/m0/s1. The lowest BCUT2D eigenvalue weighted by atomic mass is 9.74. The van der Waals surface area contributed by atoms with Crippen LogP contribution in [-0.2, 0) is 4.74 Å². The summed E-state index contributed by atoms with van der Waals surface area (Å²) in [6, 6.07) is 8.41. The maximum Gasteiger partial charge on any atom is 0.0876 e. The smallest absolute Gasteiger partial charge is 0.0876 e. The summed E-state index contributed by atoms with van der Waals surface area (Å²) >= 11 is 0. The van der Waals surface area contributed by atoms with E-state index in [9.17, 15) is 0 Å². The molecule has 1 aromatic carbocycles. The molecule has 0 spiro atoms. The average molecular weight is 289 g/mol. The number of hydrogen-bond acceptors (Lipinski definition) is 2. The Hall–Kier alpha value is -1.19. The van der Waals surface area contributed by atoms with Crippen molar-refractivity contribution in [3.63, 3.8) is 0 Å². The number of hydrogen-bond donors (Lipinski definition) is 1. The van der Waals surface area contributed by atoms with E-state index in [1.807, 2.05) is 0 Å². The lowest BCUT2D eigenvalue weighted by Crippen LogP contribution is -3.07. The van der Waals surface area contributed by atoms with Crippen molar-refractivity contribution in [3.05, 3.63) is 29.8 Å². The normalized spacial score (nSPS) is 25.6. The Morgan fingerprint density at radius 1 is 1.24 bits per heavy atom. The average Bonchev–Trinajstić information content (AvgIpc) is 2.36.